The number of nitrogens with one attached hydrogen (secondary N) is 7. The molecule has 0 saturated carbocycles. The average Bonchev–Trinajstić information content (AvgIpc) is 1.64. The number of unbranched alkanes of at least 4 members (excludes halogenated alkanes) is 2. The molecule has 11 amide bonds. The number of nitrogens with zero attached hydrogens (tertiary/aromatic N) is 5. The minimum Gasteiger partial charge on any atom is -0.480 e. The number of benzene rings is 2. The fraction of sp³-hybridized carbons (Fsp3) is 0.653. The van der Waals surface area contributed by atoms with Gasteiger partial charge in [-0.2, -0.15) is 35.3 Å². The molecule has 3 fully saturated rings. The highest BCUT2D eigenvalue weighted by atomic mass is 32.2. The number of nitrogens with two attached hydrogens (primary N) is 2. The number of thioether (sulfide) groups is 3. The number of carboxylic acids is 2. The number of aliphatic carboxylic acids is 2. The second-order valence-corrected chi connectivity index (χ2v) is 30.4. The molecule has 108 heavy (non-hydrogen) atoms. The zero-order chi connectivity index (χ0) is 78.5. The summed E-state index contributed by atoms with van der Waals surface area (Å²) < 4.78 is 11.1. The van der Waals surface area contributed by atoms with E-state index in [0.717, 1.165) is 29.5 Å². The molecule has 2 aromatic rings. The molecule has 33 nitrogen and oxygen atoms in total. The second-order valence-electron chi connectivity index (χ2n) is 27.2. The summed E-state index contributed by atoms with van der Waals surface area (Å²) in [5, 5.41) is 59.1. The molecule has 4 aliphatic heterocycles. The number of carboxylic acid groups (broad SMARTS) is 2. The molecule has 2 aromatic carbocycles. The highest BCUT2D eigenvalue weighted by Crippen LogP contribution is 2.29. The first-order valence-corrected chi connectivity index (χ1v) is 40.5. The van der Waals surface area contributed by atoms with Crippen LogP contribution in [0.15, 0.2) is 48.5 Å². The number of carbonyl (C=O) groups is 13. The Balaban J connectivity index is 1.10. The summed E-state index contributed by atoms with van der Waals surface area (Å²) in [6, 6.07) is 4.54. The van der Waals surface area contributed by atoms with Crippen LogP contribution in [0.1, 0.15) is 113 Å². The van der Waals surface area contributed by atoms with Crippen molar-refractivity contribution in [1.29, 1.82) is 0 Å². The van der Waals surface area contributed by atoms with Gasteiger partial charge in [-0.3, -0.25) is 77.0 Å². The number of amides is 11. The minimum absolute atomic E-state index is 0.0195. The molecule has 0 spiro atoms. The van der Waals surface area contributed by atoms with E-state index in [9.17, 15) is 82.8 Å². The van der Waals surface area contributed by atoms with Crippen LogP contribution >= 0.6 is 35.3 Å². The number of β-amino-alcohol motifs (C(OH)–C–C–N with tert-alkyl or cyclic N) is 1. The van der Waals surface area contributed by atoms with Gasteiger partial charge in [0.25, 0.3) is 0 Å². The standard InChI is InChI=1S/C72H110N14O19S3/c1-3-4-6-15-61(91)77-55-46-108-44-51-37-49(42-106-35-21-76-62(92)41-105-34-33-104-32-20-75-60(90)19-17-58(72(102)103)84-28-26-82(30-31-87)24-25-83(27-29-84)40-63(93)94)36-50(38-51)43-107-45-54(65(74)95)80-67(97)53(39-48-11-7-5-8-12-48)79-66(96)52(16-18-59(73)89)78-69(99)64(47(2)88)81-68(98)56-13-9-22-85(56)71(101)57-14-10-23-86(57)70(55)100/h5,7-8,11-12,36-38,47,52-58,64,87-88H,3-4,6,9-10,13-35,39-46H2,1-2H3,(H2,73,89)(H2,74,95)(H,75,90)(H,76,92)(H,77,91)(H,78,99)(H,79,96)(H,80,97)(H,81,98)(H,93,94)(H,102,103)/t47-,52+,53+,54?,55+,56+,57+,58?,64+/m1/s1. The number of aliphatic hydroxyl groups excluding tert-OH is 2. The van der Waals surface area contributed by atoms with E-state index in [1.54, 1.807) is 51.9 Å². The molecule has 3 saturated heterocycles. The van der Waals surface area contributed by atoms with Gasteiger partial charge in [-0.25, -0.2) is 0 Å². The van der Waals surface area contributed by atoms with E-state index in [4.69, 9.17) is 20.9 Å². The molecule has 4 aliphatic rings. The van der Waals surface area contributed by atoms with Gasteiger partial charge in [0.15, 0.2) is 0 Å². The first-order valence-electron chi connectivity index (χ1n) is 37.0. The quantitative estimate of drug-likeness (QED) is 0.0346. The maximum atomic E-state index is 14.9. The smallest absolute Gasteiger partial charge is 0.320 e. The van der Waals surface area contributed by atoms with Gasteiger partial charge < -0.3 is 88.4 Å². The summed E-state index contributed by atoms with van der Waals surface area (Å²) in [5.41, 5.74) is 14.7. The molecule has 9 atom stereocenters. The number of fused-ring (bicyclic) bond motifs is 4. The Labute approximate surface area is 643 Å². The van der Waals surface area contributed by atoms with Crippen molar-refractivity contribution in [3.63, 3.8) is 0 Å². The van der Waals surface area contributed by atoms with E-state index < -0.39 is 120 Å². The molecule has 0 aliphatic carbocycles. The van der Waals surface area contributed by atoms with Crippen LogP contribution in [-0.4, -0.2) is 305 Å². The SMILES string of the molecule is CCCCCC(=O)N[C@H]1CSCc2cc(CSCCNC(=O)COCCOCCNC(=O)CCC(C(=O)O)N3CCN(CCO)CCN(CC(=O)O)CC3)cc(c2)CSCC(C(N)=O)NC(=O)[C@H](Cc2ccccc2)NC(=O)[C@H](CCC(N)=O)NC(=O)[C@H]([C@@H](C)O)NC(=O)[C@@H]2CCCN2C(=O)[C@@H]2CCCN2C1=O. The molecular formula is C72H110N14O19S3. The van der Waals surface area contributed by atoms with Crippen molar-refractivity contribution in [3.8, 4) is 0 Å². The molecular weight excluding hydrogens is 1460 g/mol. The number of hydrogen-bond donors (Lipinski definition) is 13. The third kappa shape index (κ3) is 31.4. The highest BCUT2D eigenvalue weighted by Gasteiger charge is 2.45. The molecule has 0 radical (unpaired) electrons. The van der Waals surface area contributed by atoms with Crippen LogP contribution in [0.4, 0.5) is 0 Å². The Morgan fingerprint density at radius 2 is 1.31 bits per heavy atom. The first-order chi connectivity index (χ1) is 51.8. The molecule has 2 bridgehead atoms. The third-order valence-electron chi connectivity index (χ3n) is 18.8. The van der Waals surface area contributed by atoms with Crippen molar-refractivity contribution >= 4 is 112 Å². The van der Waals surface area contributed by atoms with Gasteiger partial charge in [0.1, 0.15) is 54.9 Å². The van der Waals surface area contributed by atoms with Gasteiger partial charge in [-0.05, 0) is 74.1 Å². The Morgan fingerprint density at radius 3 is 1.97 bits per heavy atom. The number of aliphatic hydroxyl groups is 2. The molecule has 600 valence electrons. The summed E-state index contributed by atoms with van der Waals surface area (Å²) in [4.78, 5) is 184. The first kappa shape index (κ1) is 89.2. The van der Waals surface area contributed by atoms with E-state index in [1.165, 1.54) is 40.2 Å². The number of hydrogen-bond acceptors (Lipinski definition) is 23. The highest BCUT2D eigenvalue weighted by molar-refractivity contribution is 7.99. The summed E-state index contributed by atoms with van der Waals surface area (Å²) in [6.07, 6.45) is 1.23. The van der Waals surface area contributed by atoms with Crippen LogP contribution in [0, 0.1) is 0 Å². The topological polar surface area (TPSA) is 474 Å². The van der Waals surface area contributed by atoms with Crippen LogP contribution in [0.5, 0.6) is 0 Å². The van der Waals surface area contributed by atoms with Crippen molar-refractivity contribution < 1.29 is 92.2 Å². The predicted octanol–water partition coefficient (Wildman–Crippen LogP) is -1.74. The van der Waals surface area contributed by atoms with Gasteiger partial charge in [0.2, 0.25) is 65.0 Å². The molecule has 6 rings (SSSR count). The Kier molecular flexibility index (Phi) is 39.7. The van der Waals surface area contributed by atoms with Crippen molar-refractivity contribution in [2.75, 3.05) is 129 Å². The van der Waals surface area contributed by atoms with Gasteiger partial charge in [-0.1, -0.05) is 68.3 Å². The Hall–Kier alpha value is -7.68. The van der Waals surface area contributed by atoms with E-state index in [2.05, 4.69) is 37.2 Å². The number of primary amides is 2. The minimum atomic E-state index is -1.70. The fourth-order valence-corrected chi connectivity index (χ4v) is 15.8. The van der Waals surface area contributed by atoms with Crippen LogP contribution < -0.4 is 48.7 Å². The van der Waals surface area contributed by atoms with E-state index in [-0.39, 0.29) is 140 Å². The van der Waals surface area contributed by atoms with Crippen LogP contribution in [0.25, 0.3) is 0 Å². The summed E-state index contributed by atoms with van der Waals surface area (Å²) >= 11 is 4.24. The number of rotatable bonds is 34. The van der Waals surface area contributed by atoms with Crippen LogP contribution in [-0.2, 0) is 95.5 Å². The van der Waals surface area contributed by atoms with Gasteiger partial charge in [0.05, 0.1) is 39.1 Å². The lowest BCUT2D eigenvalue weighted by atomic mass is 10.0. The van der Waals surface area contributed by atoms with Crippen LogP contribution in [0.2, 0.25) is 0 Å². The van der Waals surface area contributed by atoms with Gasteiger partial charge >= 0.3 is 11.9 Å². The van der Waals surface area contributed by atoms with E-state index >= 15 is 0 Å². The molecule has 4 heterocycles. The van der Waals surface area contributed by atoms with Gasteiger partial charge in [0, 0.05) is 132 Å². The average molecular weight is 1570 g/mol. The van der Waals surface area contributed by atoms with Crippen molar-refractivity contribution in [1.82, 2.24) is 61.7 Å². The lowest BCUT2D eigenvalue weighted by molar-refractivity contribution is -0.148. The zero-order valence-electron chi connectivity index (χ0n) is 61.8. The Morgan fingerprint density at radius 1 is 0.667 bits per heavy atom. The molecule has 2 unspecified atom stereocenters. The maximum Gasteiger partial charge on any atom is 0.320 e. The monoisotopic (exact) mass is 1570 g/mol. The zero-order valence-corrected chi connectivity index (χ0v) is 64.2. The van der Waals surface area contributed by atoms with E-state index in [0.29, 0.717) is 93.7 Å². The Bertz CT molecular complexity index is 3310. The maximum absolute atomic E-state index is 14.9. The lowest BCUT2D eigenvalue weighted by Gasteiger charge is -2.33. The van der Waals surface area contributed by atoms with Crippen molar-refractivity contribution in [2.45, 2.75) is 169 Å². The number of ether oxygens (including phenoxy) is 2. The normalized spacial score (nSPS) is 22.4. The summed E-state index contributed by atoms with van der Waals surface area (Å²) in [6.45, 7) is 6.55. The molecule has 0 aromatic heterocycles. The third-order valence-corrected chi connectivity index (χ3v) is 22.0. The lowest BCUT2D eigenvalue weighted by Crippen LogP contribution is -2.61. The molecule has 15 N–H and O–H groups in total. The van der Waals surface area contributed by atoms with Gasteiger partial charge in [-0.15, -0.1) is 0 Å². The fourth-order valence-electron chi connectivity index (χ4n) is 13.1. The summed E-state index contributed by atoms with van der Waals surface area (Å²) in [5.74, 6) is -7.61. The second kappa shape index (κ2) is 48.1. The van der Waals surface area contributed by atoms with Crippen molar-refractivity contribution in [2.24, 2.45) is 11.5 Å². The predicted molar refractivity (Wildman–Crippen MR) is 405 cm³/mol. The van der Waals surface area contributed by atoms with Crippen LogP contribution in [0.3, 0.4) is 0 Å². The van der Waals surface area contributed by atoms with E-state index in [1.807, 2.05) is 30.0 Å². The number of carbonyl (C=O) groups excluding carboxylic acids is 11. The largest absolute Gasteiger partial charge is 0.480 e. The molecule has 36 heteroatoms. The summed E-state index contributed by atoms with van der Waals surface area (Å²) in [7, 11) is 0. The van der Waals surface area contributed by atoms with Crippen molar-refractivity contribution in [3.05, 3.63) is 70.8 Å².